The maximum atomic E-state index is 13.4. The number of imidazole rings is 1. The van der Waals surface area contributed by atoms with Gasteiger partial charge in [0.05, 0.1) is 28.8 Å². The number of aliphatic hydroxyl groups is 1. The van der Waals surface area contributed by atoms with Crippen molar-refractivity contribution < 1.29 is 32.7 Å². The molecule has 0 spiro atoms. The number of aromatic amines is 2. The Morgan fingerprint density at radius 2 is 1.82 bits per heavy atom. The lowest BCUT2D eigenvalue weighted by atomic mass is 9.90. The van der Waals surface area contributed by atoms with Crippen LogP contribution in [0, 0.1) is 11.3 Å². The van der Waals surface area contributed by atoms with Gasteiger partial charge in [0, 0.05) is 55.7 Å². The molecule has 45 heavy (non-hydrogen) atoms. The largest absolute Gasteiger partial charge is 0.435 e. The highest BCUT2D eigenvalue weighted by atomic mass is 35.5. The number of aromatic nitrogens is 4. The second kappa shape index (κ2) is 12.9. The molecule has 17 heteroatoms. The van der Waals surface area contributed by atoms with Gasteiger partial charge in [-0.3, -0.25) is 19.5 Å². The second-order valence-electron chi connectivity index (χ2n) is 10.8. The zero-order chi connectivity index (χ0) is 32.4. The van der Waals surface area contributed by atoms with E-state index in [0.717, 1.165) is 0 Å². The Labute approximate surface area is 259 Å². The number of amides is 3. The predicted molar refractivity (Wildman–Crippen MR) is 153 cm³/mol. The van der Waals surface area contributed by atoms with Gasteiger partial charge in [-0.2, -0.15) is 23.5 Å². The molecule has 238 valence electrons. The van der Waals surface area contributed by atoms with Crippen molar-refractivity contribution in [2.45, 2.75) is 37.5 Å². The summed E-state index contributed by atoms with van der Waals surface area (Å²) in [6.45, 7) is 2.18. The Kier molecular flexibility index (Phi) is 9.14. The van der Waals surface area contributed by atoms with Crippen LogP contribution in [0.5, 0.6) is 0 Å². The molecule has 0 unspecified atom stereocenters. The summed E-state index contributed by atoms with van der Waals surface area (Å²) in [7, 11) is 0. The fourth-order valence-electron chi connectivity index (χ4n) is 5.39. The lowest BCUT2D eigenvalue weighted by Crippen LogP contribution is -2.59. The van der Waals surface area contributed by atoms with Crippen molar-refractivity contribution in [3.05, 3.63) is 63.5 Å². The van der Waals surface area contributed by atoms with Crippen molar-refractivity contribution in [3.8, 4) is 6.07 Å². The van der Waals surface area contributed by atoms with Crippen molar-refractivity contribution in [3.63, 3.8) is 0 Å². The molecule has 2 fully saturated rings. The maximum Gasteiger partial charge on any atom is 0.435 e. The van der Waals surface area contributed by atoms with Crippen LogP contribution < -0.4 is 10.6 Å². The smallest absolute Gasteiger partial charge is 0.380 e. The highest BCUT2D eigenvalue weighted by Crippen LogP contribution is 2.33. The first kappa shape index (κ1) is 31.9. The van der Waals surface area contributed by atoms with Crippen LogP contribution in [0.3, 0.4) is 0 Å². The molecule has 1 aromatic carbocycles. The molecule has 0 atom stereocenters. The molecule has 0 aliphatic carbocycles. The third-order valence-corrected chi connectivity index (χ3v) is 8.14. The third-order valence-electron chi connectivity index (χ3n) is 7.83. The summed E-state index contributed by atoms with van der Waals surface area (Å²) in [5.74, 6) is -1.56. The van der Waals surface area contributed by atoms with E-state index in [1.807, 2.05) is 0 Å². The quantitative estimate of drug-likeness (QED) is 0.258. The molecular formula is C28H29ClF3N9O4. The van der Waals surface area contributed by atoms with Crippen molar-refractivity contribution in [2.24, 2.45) is 0 Å². The van der Waals surface area contributed by atoms with Gasteiger partial charge in [0.15, 0.2) is 11.5 Å². The number of carbonyl (C=O) groups excluding carboxylic acids is 3. The first-order valence-corrected chi connectivity index (χ1v) is 14.4. The molecule has 2 aromatic heterocycles. The first-order chi connectivity index (χ1) is 21.4. The van der Waals surface area contributed by atoms with E-state index in [0.29, 0.717) is 25.9 Å². The second-order valence-corrected chi connectivity index (χ2v) is 11.2. The number of rotatable bonds is 7. The Morgan fingerprint density at radius 1 is 1.13 bits per heavy atom. The van der Waals surface area contributed by atoms with Gasteiger partial charge in [-0.05, 0) is 44.1 Å². The number of nitrogens with one attached hydrogen (secondary N) is 4. The van der Waals surface area contributed by atoms with Crippen molar-refractivity contribution in [2.75, 3.05) is 44.6 Å². The lowest BCUT2D eigenvalue weighted by Gasteiger charge is -2.40. The van der Waals surface area contributed by atoms with E-state index >= 15 is 0 Å². The van der Waals surface area contributed by atoms with E-state index in [-0.39, 0.29) is 89.9 Å². The van der Waals surface area contributed by atoms with Gasteiger partial charge in [0.25, 0.3) is 17.7 Å². The van der Waals surface area contributed by atoms with Crippen LogP contribution in [-0.4, -0.2) is 97.7 Å². The number of anilines is 1. The summed E-state index contributed by atoms with van der Waals surface area (Å²) < 4.78 is 40.2. The summed E-state index contributed by atoms with van der Waals surface area (Å²) >= 11 is 6.40. The number of carbonyl (C=O) groups is 3. The molecule has 3 amide bonds. The Hall–Kier alpha value is -4.46. The van der Waals surface area contributed by atoms with Gasteiger partial charge in [0.2, 0.25) is 0 Å². The molecule has 0 saturated carbocycles. The fourth-order valence-corrected chi connectivity index (χ4v) is 5.66. The van der Waals surface area contributed by atoms with E-state index in [4.69, 9.17) is 16.9 Å². The minimum absolute atomic E-state index is 0.0147. The molecule has 0 bridgehead atoms. The molecule has 4 heterocycles. The monoisotopic (exact) mass is 647 g/mol. The van der Waals surface area contributed by atoms with E-state index in [9.17, 15) is 32.7 Å². The Bertz CT molecular complexity index is 1630. The number of halogens is 4. The van der Waals surface area contributed by atoms with Crippen LogP contribution in [0.2, 0.25) is 5.02 Å². The van der Waals surface area contributed by atoms with Crippen LogP contribution in [-0.2, 0) is 23.8 Å². The number of hydrogen-bond donors (Lipinski definition) is 5. The van der Waals surface area contributed by atoms with Crippen molar-refractivity contribution in [1.82, 2.24) is 35.3 Å². The van der Waals surface area contributed by atoms with Gasteiger partial charge in [-0.1, -0.05) is 11.6 Å². The third kappa shape index (κ3) is 6.95. The summed E-state index contributed by atoms with van der Waals surface area (Å²) in [5, 5.41) is 31.0. The summed E-state index contributed by atoms with van der Waals surface area (Å²) in [6, 6.07) is 6.11. The average Bonchev–Trinajstić information content (AvgIpc) is 3.65. The topological polar surface area (TPSA) is 183 Å². The summed E-state index contributed by atoms with van der Waals surface area (Å²) in [5.41, 5.74) is -2.12. The Balaban J connectivity index is 1.19. The maximum absolute atomic E-state index is 13.4. The van der Waals surface area contributed by atoms with Gasteiger partial charge in [-0.15, -0.1) is 0 Å². The van der Waals surface area contributed by atoms with Crippen LogP contribution in [0.15, 0.2) is 24.4 Å². The van der Waals surface area contributed by atoms with Gasteiger partial charge in [0.1, 0.15) is 5.60 Å². The number of H-pyrrole nitrogens is 2. The SMILES string of the molecule is N#CCc1[nH]nc(C(F)(F)F)c1Cc1cnc(C(=O)Nc2ccc(C(=O)N3CCN(C(=O)C4(O)CCNCC4)CC3)c(Cl)c2)[nH]1. The van der Waals surface area contributed by atoms with Crippen LogP contribution in [0.25, 0.3) is 0 Å². The number of hydrogen-bond acceptors (Lipinski definition) is 8. The predicted octanol–water partition coefficient (Wildman–Crippen LogP) is 2.11. The molecular weight excluding hydrogens is 619 g/mol. The zero-order valence-corrected chi connectivity index (χ0v) is 24.6. The molecule has 5 rings (SSSR count). The minimum atomic E-state index is -4.74. The molecule has 2 aliphatic heterocycles. The van der Waals surface area contributed by atoms with Gasteiger partial charge in [-0.25, -0.2) is 4.98 Å². The van der Waals surface area contributed by atoms with Gasteiger partial charge >= 0.3 is 6.18 Å². The average molecular weight is 648 g/mol. The highest BCUT2D eigenvalue weighted by molar-refractivity contribution is 6.34. The molecule has 2 saturated heterocycles. The number of alkyl halides is 3. The van der Waals surface area contributed by atoms with E-state index in [2.05, 4.69) is 30.8 Å². The highest BCUT2D eigenvalue weighted by Gasteiger charge is 2.41. The number of piperidine rings is 1. The van der Waals surface area contributed by atoms with Crippen LogP contribution in [0.1, 0.15) is 56.5 Å². The fraction of sp³-hybridized carbons (Fsp3) is 0.429. The summed E-state index contributed by atoms with van der Waals surface area (Å²) in [6.07, 6.45) is -3.46. The molecule has 5 N–H and O–H groups in total. The van der Waals surface area contributed by atoms with Crippen molar-refractivity contribution in [1.29, 1.82) is 5.26 Å². The number of piperazine rings is 1. The molecule has 3 aromatic rings. The molecule has 2 aliphatic rings. The van der Waals surface area contributed by atoms with E-state index in [1.54, 1.807) is 15.9 Å². The van der Waals surface area contributed by atoms with Gasteiger partial charge < -0.3 is 30.5 Å². The number of nitrogens with zero attached hydrogens (tertiary/aromatic N) is 5. The standard InChI is InChI=1S/C28H29ClF3N9O4/c29-20-14-16(1-2-18(20)25(43)40-9-11-41(12-10-40)26(44)27(45)4-7-34-8-5-27)37-24(42)23-35-15-17(36-23)13-19-21(3-6-33)38-39-22(19)28(30,31)32/h1-2,14-15,34,45H,3-5,7-13H2,(H,35,36)(H,37,42)(H,38,39). The van der Waals surface area contributed by atoms with E-state index < -0.39 is 23.4 Å². The zero-order valence-electron chi connectivity index (χ0n) is 23.8. The minimum Gasteiger partial charge on any atom is -0.380 e. The van der Waals surface area contributed by atoms with Crippen molar-refractivity contribution >= 4 is 35.0 Å². The number of nitriles is 1. The molecule has 13 nitrogen and oxygen atoms in total. The Morgan fingerprint density at radius 3 is 2.47 bits per heavy atom. The number of benzene rings is 1. The van der Waals surface area contributed by atoms with Crippen LogP contribution in [0.4, 0.5) is 18.9 Å². The summed E-state index contributed by atoms with van der Waals surface area (Å²) in [4.78, 5) is 48.7. The van der Waals surface area contributed by atoms with E-state index in [1.165, 1.54) is 24.4 Å². The normalized spacial score (nSPS) is 16.7. The first-order valence-electron chi connectivity index (χ1n) is 14.1. The lowest BCUT2D eigenvalue weighted by molar-refractivity contribution is -0.155. The van der Waals surface area contributed by atoms with Crippen LogP contribution >= 0.6 is 11.6 Å². The molecule has 0 radical (unpaired) electrons.